The highest BCUT2D eigenvalue weighted by Crippen LogP contribution is 2.22. The summed E-state index contributed by atoms with van der Waals surface area (Å²) in [4.78, 5) is 29.9. The first-order chi connectivity index (χ1) is 10.2. The lowest BCUT2D eigenvalue weighted by Gasteiger charge is -2.10. The molecular formula is C15H12N2O3S. The third kappa shape index (κ3) is 2.57. The number of fused-ring (bicyclic) bond motifs is 1. The topological polar surface area (TPSA) is 72.0 Å². The number of aromatic amines is 1. The molecule has 2 heterocycles. The number of para-hydroxylation sites is 1. The van der Waals surface area contributed by atoms with E-state index in [1.54, 1.807) is 18.2 Å². The van der Waals surface area contributed by atoms with Crippen LogP contribution in [0.3, 0.4) is 0 Å². The van der Waals surface area contributed by atoms with Gasteiger partial charge in [0.1, 0.15) is 22.9 Å². The van der Waals surface area contributed by atoms with Crippen molar-refractivity contribution >= 4 is 27.8 Å². The van der Waals surface area contributed by atoms with E-state index in [2.05, 4.69) is 9.97 Å². The SMILES string of the molecule is Cc1cccc(C=O)c1OCc1nc2ccsc2c(=O)[nH]1. The predicted molar refractivity (Wildman–Crippen MR) is 81.1 cm³/mol. The highest BCUT2D eigenvalue weighted by Gasteiger charge is 2.09. The molecule has 0 radical (unpaired) electrons. The number of nitrogens with zero attached hydrogens (tertiary/aromatic N) is 1. The van der Waals surface area contributed by atoms with Crippen LogP contribution in [-0.2, 0) is 6.61 Å². The van der Waals surface area contributed by atoms with Crippen LogP contribution in [-0.4, -0.2) is 16.3 Å². The van der Waals surface area contributed by atoms with Crippen LogP contribution >= 0.6 is 11.3 Å². The maximum atomic E-state index is 11.9. The van der Waals surface area contributed by atoms with Crippen molar-refractivity contribution < 1.29 is 9.53 Å². The molecule has 0 saturated heterocycles. The largest absolute Gasteiger partial charge is 0.485 e. The second kappa shape index (κ2) is 5.49. The number of carbonyl (C=O) groups is 1. The first-order valence-electron chi connectivity index (χ1n) is 6.33. The molecule has 3 rings (SSSR count). The third-order valence-electron chi connectivity index (χ3n) is 3.09. The highest BCUT2D eigenvalue weighted by atomic mass is 32.1. The Bertz CT molecular complexity index is 867. The Labute approximate surface area is 124 Å². The number of nitrogens with one attached hydrogen (secondary N) is 1. The molecule has 0 aliphatic heterocycles. The molecule has 106 valence electrons. The molecule has 1 aromatic carbocycles. The Balaban J connectivity index is 1.90. The summed E-state index contributed by atoms with van der Waals surface area (Å²) in [6.07, 6.45) is 0.751. The van der Waals surface area contributed by atoms with Crippen molar-refractivity contribution in [3.63, 3.8) is 0 Å². The lowest BCUT2D eigenvalue weighted by molar-refractivity contribution is 0.111. The molecule has 0 spiro atoms. The molecule has 21 heavy (non-hydrogen) atoms. The molecule has 0 fully saturated rings. The Morgan fingerprint density at radius 2 is 2.24 bits per heavy atom. The van der Waals surface area contributed by atoms with E-state index in [4.69, 9.17) is 4.74 Å². The second-order valence-electron chi connectivity index (χ2n) is 4.55. The monoisotopic (exact) mass is 300 g/mol. The molecule has 1 N–H and O–H groups in total. The smallest absolute Gasteiger partial charge is 0.268 e. The zero-order valence-electron chi connectivity index (χ0n) is 11.3. The molecule has 0 saturated carbocycles. The van der Waals surface area contributed by atoms with Crippen molar-refractivity contribution in [2.45, 2.75) is 13.5 Å². The average molecular weight is 300 g/mol. The van der Waals surface area contributed by atoms with E-state index >= 15 is 0 Å². The van der Waals surface area contributed by atoms with Gasteiger partial charge in [0.25, 0.3) is 5.56 Å². The van der Waals surface area contributed by atoms with Crippen molar-refractivity contribution in [3.8, 4) is 5.75 Å². The van der Waals surface area contributed by atoms with E-state index in [9.17, 15) is 9.59 Å². The molecule has 5 nitrogen and oxygen atoms in total. The van der Waals surface area contributed by atoms with E-state index in [0.29, 0.717) is 27.4 Å². The average Bonchev–Trinajstić information content (AvgIpc) is 2.94. The van der Waals surface area contributed by atoms with Crippen molar-refractivity contribution in [1.29, 1.82) is 0 Å². The van der Waals surface area contributed by atoms with Crippen LogP contribution < -0.4 is 10.3 Å². The summed E-state index contributed by atoms with van der Waals surface area (Å²) in [5.74, 6) is 0.951. The number of aromatic nitrogens is 2. The number of hydrogen-bond acceptors (Lipinski definition) is 5. The van der Waals surface area contributed by atoms with Crippen LogP contribution in [0.5, 0.6) is 5.75 Å². The lowest BCUT2D eigenvalue weighted by Crippen LogP contribution is -2.12. The number of H-pyrrole nitrogens is 1. The summed E-state index contributed by atoms with van der Waals surface area (Å²) in [5, 5.41) is 1.82. The maximum absolute atomic E-state index is 11.9. The number of ether oxygens (including phenoxy) is 1. The van der Waals surface area contributed by atoms with Crippen molar-refractivity contribution in [2.24, 2.45) is 0 Å². The van der Waals surface area contributed by atoms with Crippen molar-refractivity contribution in [2.75, 3.05) is 0 Å². The fraction of sp³-hybridized carbons (Fsp3) is 0.133. The van der Waals surface area contributed by atoms with Gasteiger partial charge in [-0.2, -0.15) is 0 Å². The normalized spacial score (nSPS) is 10.7. The molecular weight excluding hydrogens is 288 g/mol. The number of aldehydes is 1. The van der Waals surface area contributed by atoms with Crippen molar-refractivity contribution in [3.05, 3.63) is 57.0 Å². The lowest BCUT2D eigenvalue weighted by atomic mass is 10.1. The van der Waals surface area contributed by atoms with E-state index in [1.165, 1.54) is 11.3 Å². The van der Waals surface area contributed by atoms with Gasteiger partial charge in [-0.15, -0.1) is 11.3 Å². The summed E-state index contributed by atoms with van der Waals surface area (Å²) < 4.78 is 6.27. The second-order valence-corrected chi connectivity index (χ2v) is 5.46. The summed E-state index contributed by atoms with van der Waals surface area (Å²) in [6, 6.07) is 7.14. The number of thiophene rings is 1. The predicted octanol–water partition coefficient (Wildman–Crippen LogP) is 2.68. The van der Waals surface area contributed by atoms with Gasteiger partial charge in [0.05, 0.1) is 11.1 Å². The Morgan fingerprint density at radius 1 is 1.38 bits per heavy atom. The van der Waals surface area contributed by atoms with Gasteiger partial charge in [0.15, 0.2) is 6.29 Å². The van der Waals surface area contributed by atoms with Gasteiger partial charge in [-0.25, -0.2) is 4.98 Å². The van der Waals surface area contributed by atoms with E-state index in [1.807, 2.05) is 18.4 Å². The minimum atomic E-state index is -0.172. The molecule has 3 aromatic rings. The fourth-order valence-electron chi connectivity index (χ4n) is 2.10. The van der Waals surface area contributed by atoms with Crippen LogP contribution in [0.15, 0.2) is 34.4 Å². The summed E-state index contributed by atoms with van der Waals surface area (Å²) >= 11 is 1.35. The van der Waals surface area contributed by atoms with Gasteiger partial charge in [0.2, 0.25) is 0 Å². The van der Waals surface area contributed by atoms with Gasteiger partial charge in [-0.05, 0) is 30.0 Å². The van der Waals surface area contributed by atoms with Crippen LogP contribution in [0.4, 0.5) is 0 Å². The van der Waals surface area contributed by atoms with Crippen molar-refractivity contribution in [1.82, 2.24) is 9.97 Å². The van der Waals surface area contributed by atoms with Gasteiger partial charge >= 0.3 is 0 Å². The van der Waals surface area contributed by atoms with E-state index in [0.717, 1.165) is 11.8 Å². The first kappa shape index (κ1) is 13.5. The molecule has 0 aliphatic rings. The summed E-state index contributed by atoms with van der Waals surface area (Å²) in [7, 11) is 0. The molecule has 0 bridgehead atoms. The molecule has 6 heteroatoms. The number of aryl methyl sites for hydroxylation is 1. The fourth-order valence-corrected chi connectivity index (χ4v) is 2.82. The molecule has 0 aliphatic carbocycles. The number of hydrogen-bond donors (Lipinski definition) is 1. The van der Waals surface area contributed by atoms with Crippen LogP contribution in [0, 0.1) is 6.92 Å². The van der Waals surface area contributed by atoms with Gasteiger partial charge in [-0.1, -0.05) is 12.1 Å². The Kier molecular flexibility index (Phi) is 3.53. The van der Waals surface area contributed by atoms with E-state index in [-0.39, 0.29) is 12.2 Å². The van der Waals surface area contributed by atoms with E-state index < -0.39 is 0 Å². The maximum Gasteiger partial charge on any atom is 0.268 e. The minimum absolute atomic E-state index is 0.104. The van der Waals surface area contributed by atoms with Crippen LogP contribution in [0.25, 0.3) is 10.2 Å². The van der Waals surface area contributed by atoms with Crippen LogP contribution in [0.2, 0.25) is 0 Å². The third-order valence-corrected chi connectivity index (χ3v) is 3.99. The Morgan fingerprint density at radius 3 is 3.05 bits per heavy atom. The first-order valence-corrected chi connectivity index (χ1v) is 7.21. The van der Waals surface area contributed by atoms with Gasteiger partial charge in [-0.3, -0.25) is 9.59 Å². The number of benzene rings is 1. The molecule has 0 atom stereocenters. The van der Waals surface area contributed by atoms with Gasteiger partial charge in [0, 0.05) is 0 Å². The highest BCUT2D eigenvalue weighted by molar-refractivity contribution is 7.17. The number of rotatable bonds is 4. The van der Waals surface area contributed by atoms with Gasteiger partial charge < -0.3 is 9.72 Å². The summed E-state index contributed by atoms with van der Waals surface area (Å²) in [5.41, 5.74) is 1.82. The number of carbonyl (C=O) groups excluding carboxylic acids is 1. The van der Waals surface area contributed by atoms with Crippen LogP contribution in [0.1, 0.15) is 21.7 Å². The zero-order valence-corrected chi connectivity index (χ0v) is 12.1. The quantitative estimate of drug-likeness (QED) is 0.752. The summed E-state index contributed by atoms with van der Waals surface area (Å²) in [6.45, 7) is 1.97. The Hall–Kier alpha value is -2.47. The standard InChI is InChI=1S/C15H12N2O3S/c1-9-3-2-4-10(7-18)13(9)20-8-12-16-11-5-6-21-14(11)15(19)17-12/h2-7H,8H2,1H3,(H,16,17,19). The molecule has 2 aromatic heterocycles. The molecule has 0 amide bonds. The zero-order chi connectivity index (χ0) is 14.8. The molecule has 0 unspecified atom stereocenters. The minimum Gasteiger partial charge on any atom is -0.485 e.